The highest BCUT2D eigenvalue weighted by atomic mass is 16.3. The van der Waals surface area contributed by atoms with E-state index in [2.05, 4.69) is 25.1 Å². The Hall–Kier alpha value is -1.61. The van der Waals surface area contributed by atoms with Crippen molar-refractivity contribution in [3.8, 4) is 0 Å². The molecule has 3 nitrogen and oxygen atoms in total. The van der Waals surface area contributed by atoms with Gasteiger partial charge in [-0.15, -0.1) is 0 Å². The number of hydrogen-bond donors (Lipinski definition) is 2. The molecule has 0 heterocycles. The normalized spacial score (nSPS) is 33.2. The minimum Gasteiger partial charge on any atom is -0.396 e. The molecule has 3 aliphatic carbocycles. The average Bonchev–Trinajstić information content (AvgIpc) is 3.09. The topological polar surface area (TPSA) is 63.3 Å². The smallest absolute Gasteiger partial charge is 0.248 e. The summed E-state index contributed by atoms with van der Waals surface area (Å²) in [5, 5.41) is 9.74. The lowest BCUT2D eigenvalue weighted by molar-refractivity contribution is 0.0379. The number of aliphatic hydroxyl groups excluding tert-OH is 1. The number of carbonyl (C=O) groups excluding carboxylic acids is 1. The Morgan fingerprint density at radius 3 is 2.96 bits per heavy atom. The van der Waals surface area contributed by atoms with Crippen molar-refractivity contribution in [2.75, 3.05) is 6.61 Å². The Kier molecular flexibility index (Phi) is 4.68. The van der Waals surface area contributed by atoms with Crippen LogP contribution >= 0.6 is 0 Å². The maximum absolute atomic E-state index is 11.5. The lowest BCUT2D eigenvalue weighted by Crippen LogP contribution is -2.42. The number of aliphatic hydroxyl groups is 1. The van der Waals surface area contributed by atoms with E-state index in [0.29, 0.717) is 35.3 Å². The molecule has 26 heavy (non-hydrogen) atoms. The molecule has 0 unspecified atom stereocenters. The van der Waals surface area contributed by atoms with Gasteiger partial charge in [0, 0.05) is 12.2 Å². The van der Waals surface area contributed by atoms with Gasteiger partial charge in [0.1, 0.15) is 0 Å². The minimum atomic E-state index is -0.327. The second kappa shape index (κ2) is 6.84. The highest BCUT2D eigenvalue weighted by Crippen LogP contribution is 2.60. The highest BCUT2D eigenvalue weighted by Gasteiger charge is 2.51. The highest BCUT2D eigenvalue weighted by molar-refractivity contribution is 5.93. The Balaban J connectivity index is 1.61. The van der Waals surface area contributed by atoms with Crippen LogP contribution in [0.5, 0.6) is 0 Å². The summed E-state index contributed by atoms with van der Waals surface area (Å²) in [6.45, 7) is 2.51. The zero-order valence-electron chi connectivity index (χ0n) is 15.8. The molecule has 0 aliphatic heterocycles. The molecule has 1 fully saturated rings. The standard InChI is InChI=1S/C23H31NO2/c1-2-15(14-25)13-23-10-3-4-21(23)20-8-5-16-12-17(22(24)26)6-7-18(16)19(20)9-11-23/h3,6-7,10,12,15,19-21,25H,2,4-5,8-9,11,13-14H2,1H3,(H2,24,26)/t15-,19+,20+,21-,23-/m0/s1. The molecule has 3 N–H and O–H groups in total. The maximum Gasteiger partial charge on any atom is 0.248 e. The summed E-state index contributed by atoms with van der Waals surface area (Å²) < 4.78 is 0. The van der Waals surface area contributed by atoms with E-state index in [1.54, 1.807) is 0 Å². The van der Waals surface area contributed by atoms with Crippen molar-refractivity contribution < 1.29 is 9.90 Å². The quantitative estimate of drug-likeness (QED) is 0.779. The Bertz CT molecular complexity index is 721. The lowest BCUT2D eigenvalue weighted by atomic mass is 9.53. The first kappa shape index (κ1) is 17.8. The van der Waals surface area contributed by atoms with Crippen LogP contribution in [0.1, 0.15) is 72.9 Å². The summed E-state index contributed by atoms with van der Waals surface area (Å²) in [5.74, 6) is 2.15. The van der Waals surface area contributed by atoms with Crippen molar-refractivity contribution >= 4 is 5.91 Å². The summed E-state index contributed by atoms with van der Waals surface area (Å²) in [6, 6.07) is 6.11. The molecule has 5 atom stereocenters. The van der Waals surface area contributed by atoms with Crippen molar-refractivity contribution in [2.24, 2.45) is 28.9 Å². The fourth-order valence-corrected chi connectivity index (χ4v) is 6.24. The fourth-order valence-electron chi connectivity index (χ4n) is 6.24. The summed E-state index contributed by atoms with van der Waals surface area (Å²) in [6.07, 6.45) is 13.0. The van der Waals surface area contributed by atoms with E-state index in [1.807, 2.05) is 12.1 Å². The summed E-state index contributed by atoms with van der Waals surface area (Å²) >= 11 is 0. The van der Waals surface area contributed by atoms with Crippen LogP contribution in [0.4, 0.5) is 0 Å². The molecule has 0 spiro atoms. The molecule has 4 rings (SSSR count). The first-order chi connectivity index (χ1) is 12.6. The van der Waals surface area contributed by atoms with Crippen molar-refractivity contribution in [3.05, 3.63) is 47.0 Å². The molecule has 0 saturated heterocycles. The molecule has 1 amide bonds. The van der Waals surface area contributed by atoms with Crippen LogP contribution in [0, 0.1) is 23.2 Å². The molecule has 0 aromatic heterocycles. The number of rotatable bonds is 5. The Morgan fingerprint density at radius 2 is 2.23 bits per heavy atom. The molecule has 1 saturated carbocycles. The number of fused-ring (bicyclic) bond motifs is 5. The summed E-state index contributed by atoms with van der Waals surface area (Å²) in [7, 11) is 0. The molecule has 1 aromatic carbocycles. The molecule has 1 aromatic rings. The van der Waals surface area contributed by atoms with Crippen LogP contribution < -0.4 is 5.73 Å². The van der Waals surface area contributed by atoms with E-state index in [9.17, 15) is 9.90 Å². The number of allylic oxidation sites excluding steroid dienone is 2. The van der Waals surface area contributed by atoms with Crippen molar-refractivity contribution in [3.63, 3.8) is 0 Å². The zero-order valence-corrected chi connectivity index (χ0v) is 15.8. The molecule has 140 valence electrons. The maximum atomic E-state index is 11.5. The van der Waals surface area contributed by atoms with E-state index in [0.717, 1.165) is 25.2 Å². The third-order valence-electron chi connectivity index (χ3n) is 7.61. The van der Waals surface area contributed by atoms with Crippen LogP contribution in [-0.4, -0.2) is 17.6 Å². The SMILES string of the molecule is CC[C@H](CO)C[C@@]12C=CC[C@H]1[C@@H]1CCc3cc(C(N)=O)ccc3[C@H]1CC2. The molecule has 3 heteroatoms. The van der Waals surface area contributed by atoms with E-state index in [4.69, 9.17) is 5.73 Å². The first-order valence-electron chi connectivity index (χ1n) is 10.3. The van der Waals surface area contributed by atoms with Crippen LogP contribution in [0.25, 0.3) is 0 Å². The first-order valence-corrected chi connectivity index (χ1v) is 10.3. The average molecular weight is 354 g/mol. The zero-order chi connectivity index (χ0) is 18.3. The molecular formula is C23H31NO2. The van der Waals surface area contributed by atoms with Gasteiger partial charge in [-0.25, -0.2) is 0 Å². The van der Waals surface area contributed by atoms with Gasteiger partial charge in [-0.1, -0.05) is 31.6 Å². The number of amides is 1. The van der Waals surface area contributed by atoms with Gasteiger partial charge in [0.15, 0.2) is 0 Å². The van der Waals surface area contributed by atoms with Crippen molar-refractivity contribution in [1.29, 1.82) is 0 Å². The second-order valence-corrected chi connectivity index (χ2v) is 8.76. The fraction of sp³-hybridized carbons (Fsp3) is 0.609. The third kappa shape index (κ3) is 2.81. The van der Waals surface area contributed by atoms with Gasteiger partial charge in [-0.2, -0.15) is 0 Å². The van der Waals surface area contributed by atoms with Gasteiger partial charge in [-0.05, 0) is 90.9 Å². The molecule has 0 radical (unpaired) electrons. The van der Waals surface area contributed by atoms with E-state index < -0.39 is 0 Å². The predicted octanol–water partition coefficient (Wildman–Crippen LogP) is 4.20. The van der Waals surface area contributed by atoms with E-state index in [-0.39, 0.29) is 5.91 Å². The van der Waals surface area contributed by atoms with Gasteiger partial charge in [0.25, 0.3) is 0 Å². The van der Waals surface area contributed by atoms with Gasteiger partial charge in [0.2, 0.25) is 5.91 Å². The monoisotopic (exact) mass is 353 g/mol. The van der Waals surface area contributed by atoms with Gasteiger partial charge < -0.3 is 10.8 Å². The lowest BCUT2D eigenvalue weighted by Gasteiger charge is -2.51. The summed E-state index contributed by atoms with van der Waals surface area (Å²) in [4.78, 5) is 11.5. The number of carbonyl (C=O) groups is 1. The Morgan fingerprint density at radius 1 is 1.38 bits per heavy atom. The predicted molar refractivity (Wildman–Crippen MR) is 104 cm³/mol. The number of primary amides is 1. The largest absolute Gasteiger partial charge is 0.396 e. The number of benzene rings is 1. The molecule has 3 aliphatic rings. The van der Waals surface area contributed by atoms with Crippen LogP contribution in [0.3, 0.4) is 0 Å². The van der Waals surface area contributed by atoms with Crippen molar-refractivity contribution in [1.82, 2.24) is 0 Å². The number of hydrogen-bond acceptors (Lipinski definition) is 2. The van der Waals surface area contributed by atoms with E-state index >= 15 is 0 Å². The van der Waals surface area contributed by atoms with Crippen LogP contribution in [0.2, 0.25) is 0 Å². The second-order valence-electron chi connectivity index (χ2n) is 8.76. The third-order valence-corrected chi connectivity index (χ3v) is 7.61. The number of nitrogens with two attached hydrogens (primary N) is 1. The Labute approximate surface area is 156 Å². The van der Waals surface area contributed by atoms with Gasteiger partial charge in [-0.3, -0.25) is 4.79 Å². The van der Waals surface area contributed by atoms with Gasteiger partial charge in [0.05, 0.1) is 0 Å². The van der Waals surface area contributed by atoms with E-state index in [1.165, 1.54) is 36.8 Å². The number of aryl methyl sites for hydroxylation is 1. The van der Waals surface area contributed by atoms with Crippen molar-refractivity contribution in [2.45, 2.75) is 57.8 Å². The summed E-state index contributed by atoms with van der Waals surface area (Å²) in [5.41, 5.74) is 9.21. The molecule has 0 bridgehead atoms. The molecular weight excluding hydrogens is 322 g/mol. The minimum absolute atomic E-state index is 0.301. The van der Waals surface area contributed by atoms with Crippen LogP contribution in [-0.2, 0) is 6.42 Å². The van der Waals surface area contributed by atoms with Gasteiger partial charge >= 0.3 is 0 Å². The van der Waals surface area contributed by atoms with Crippen LogP contribution in [0.15, 0.2) is 30.4 Å².